The molecular formula is C20H25N3O. The molecule has 4 heteroatoms. The van der Waals surface area contributed by atoms with E-state index < -0.39 is 0 Å². The minimum absolute atomic E-state index is 0.309. The lowest BCUT2D eigenvalue weighted by molar-refractivity contribution is -0.129. The zero-order valence-electron chi connectivity index (χ0n) is 14.0. The van der Waals surface area contributed by atoms with Crippen LogP contribution in [0.2, 0.25) is 0 Å². The molecule has 1 aliphatic rings. The monoisotopic (exact) mass is 323 g/mol. The molecule has 1 amide bonds. The first-order valence-electron chi connectivity index (χ1n) is 8.76. The number of nitrogens with one attached hydrogen (secondary N) is 1. The third-order valence-corrected chi connectivity index (χ3v) is 4.64. The molecule has 0 bridgehead atoms. The maximum absolute atomic E-state index is 12.2. The van der Waals surface area contributed by atoms with E-state index in [1.54, 1.807) is 6.20 Å². The van der Waals surface area contributed by atoms with Gasteiger partial charge in [0.05, 0.1) is 0 Å². The SMILES string of the molecule is O=C1CC[C@H](CCNCc2cccnc2)N1CCc1ccccc1. The molecule has 0 aliphatic carbocycles. The average Bonchev–Trinajstić information content (AvgIpc) is 2.98. The maximum atomic E-state index is 12.2. The molecule has 24 heavy (non-hydrogen) atoms. The molecule has 0 saturated carbocycles. The number of amides is 1. The van der Waals surface area contributed by atoms with Crippen LogP contribution >= 0.6 is 0 Å². The molecular weight excluding hydrogens is 298 g/mol. The Bertz CT molecular complexity index is 630. The van der Waals surface area contributed by atoms with Crippen LogP contribution in [0.4, 0.5) is 0 Å². The van der Waals surface area contributed by atoms with E-state index >= 15 is 0 Å². The van der Waals surface area contributed by atoms with Crippen LogP contribution in [0.1, 0.15) is 30.4 Å². The van der Waals surface area contributed by atoms with Gasteiger partial charge in [-0.25, -0.2) is 0 Å². The Morgan fingerprint density at radius 3 is 2.75 bits per heavy atom. The molecule has 1 aliphatic heterocycles. The summed E-state index contributed by atoms with van der Waals surface area (Å²) in [5.41, 5.74) is 2.49. The predicted molar refractivity (Wildman–Crippen MR) is 95.4 cm³/mol. The van der Waals surface area contributed by atoms with Crippen LogP contribution in [-0.4, -0.2) is 34.9 Å². The van der Waals surface area contributed by atoms with Crippen molar-refractivity contribution < 1.29 is 4.79 Å². The zero-order valence-corrected chi connectivity index (χ0v) is 14.0. The van der Waals surface area contributed by atoms with Crippen LogP contribution < -0.4 is 5.32 Å². The highest BCUT2D eigenvalue weighted by molar-refractivity contribution is 5.78. The highest BCUT2D eigenvalue weighted by Crippen LogP contribution is 2.21. The quantitative estimate of drug-likeness (QED) is 0.760. The van der Waals surface area contributed by atoms with Crippen LogP contribution in [0, 0.1) is 0 Å². The first-order valence-corrected chi connectivity index (χ1v) is 8.76. The number of hydrogen-bond acceptors (Lipinski definition) is 3. The normalized spacial score (nSPS) is 17.4. The van der Waals surface area contributed by atoms with Gasteiger partial charge in [-0.15, -0.1) is 0 Å². The number of likely N-dealkylation sites (tertiary alicyclic amines) is 1. The molecule has 3 rings (SSSR count). The lowest BCUT2D eigenvalue weighted by Gasteiger charge is -2.25. The third kappa shape index (κ3) is 4.65. The van der Waals surface area contributed by atoms with Gasteiger partial charge in [0.1, 0.15) is 0 Å². The van der Waals surface area contributed by atoms with Gasteiger partial charge in [0.15, 0.2) is 0 Å². The summed E-state index contributed by atoms with van der Waals surface area (Å²) < 4.78 is 0. The number of rotatable bonds is 8. The van der Waals surface area contributed by atoms with E-state index in [9.17, 15) is 4.79 Å². The van der Waals surface area contributed by atoms with E-state index in [1.807, 2.05) is 18.3 Å². The van der Waals surface area contributed by atoms with Gasteiger partial charge in [-0.2, -0.15) is 0 Å². The average molecular weight is 323 g/mol. The number of carbonyl (C=O) groups excluding carboxylic acids is 1. The molecule has 0 unspecified atom stereocenters. The number of pyridine rings is 1. The summed E-state index contributed by atoms with van der Waals surface area (Å²) in [6.45, 7) is 2.59. The summed E-state index contributed by atoms with van der Waals surface area (Å²) in [5, 5.41) is 3.46. The van der Waals surface area contributed by atoms with E-state index in [2.05, 4.69) is 45.5 Å². The highest BCUT2D eigenvalue weighted by atomic mass is 16.2. The van der Waals surface area contributed by atoms with Crippen LogP contribution in [0.15, 0.2) is 54.9 Å². The number of aromatic nitrogens is 1. The van der Waals surface area contributed by atoms with E-state index in [0.29, 0.717) is 18.4 Å². The Kier molecular flexibility index (Phi) is 5.96. The predicted octanol–water partition coefficient (Wildman–Crippen LogP) is 2.80. The van der Waals surface area contributed by atoms with Crippen molar-refractivity contribution in [2.45, 2.75) is 38.3 Å². The molecule has 2 aromatic rings. The molecule has 1 atom stereocenters. The van der Waals surface area contributed by atoms with E-state index in [-0.39, 0.29) is 0 Å². The van der Waals surface area contributed by atoms with Gasteiger partial charge < -0.3 is 10.2 Å². The first-order chi connectivity index (χ1) is 11.8. The molecule has 0 spiro atoms. The van der Waals surface area contributed by atoms with Gasteiger partial charge in [0.2, 0.25) is 5.91 Å². The van der Waals surface area contributed by atoms with Crippen LogP contribution in [0.25, 0.3) is 0 Å². The minimum atomic E-state index is 0.309. The van der Waals surface area contributed by atoms with Gasteiger partial charge in [-0.3, -0.25) is 9.78 Å². The van der Waals surface area contributed by atoms with Gasteiger partial charge in [0.25, 0.3) is 0 Å². The number of carbonyl (C=O) groups is 1. The molecule has 2 heterocycles. The van der Waals surface area contributed by atoms with Gasteiger partial charge in [-0.05, 0) is 43.0 Å². The summed E-state index contributed by atoms with van der Waals surface area (Å²) in [5.74, 6) is 0.309. The van der Waals surface area contributed by atoms with Crippen molar-refractivity contribution in [2.75, 3.05) is 13.1 Å². The standard InChI is InChI=1S/C20H25N3O/c24-20-9-8-19(10-13-22-16-18-7-4-12-21-15-18)23(20)14-11-17-5-2-1-3-6-17/h1-7,12,15,19,22H,8-11,13-14,16H2/t19-/m1/s1. The van der Waals surface area contributed by atoms with E-state index in [4.69, 9.17) is 0 Å². The summed E-state index contributed by atoms with van der Waals surface area (Å²) in [4.78, 5) is 18.4. The Morgan fingerprint density at radius 1 is 1.12 bits per heavy atom. The number of hydrogen-bond donors (Lipinski definition) is 1. The van der Waals surface area contributed by atoms with Gasteiger partial charge in [0, 0.05) is 37.9 Å². The molecule has 1 N–H and O–H groups in total. The van der Waals surface area contributed by atoms with Crippen molar-refractivity contribution in [3.8, 4) is 0 Å². The third-order valence-electron chi connectivity index (χ3n) is 4.64. The molecule has 1 aromatic heterocycles. The van der Waals surface area contributed by atoms with E-state index in [0.717, 1.165) is 38.9 Å². The molecule has 4 nitrogen and oxygen atoms in total. The molecule has 1 aromatic carbocycles. The Hall–Kier alpha value is -2.20. The zero-order chi connectivity index (χ0) is 16.6. The highest BCUT2D eigenvalue weighted by Gasteiger charge is 2.29. The van der Waals surface area contributed by atoms with Crippen LogP contribution in [0.5, 0.6) is 0 Å². The van der Waals surface area contributed by atoms with E-state index in [1.165, 1.54) is 11.1 Å². The summed E-state index contributed by atoms with van der Waals surface area (Å²) in [7, 11) is 0. The van der Waals surface area contributed by atoms with Crippen molar-refractivity contribution in [1.82, 2.24) is 15.2 Å². The lowest BCUT2D eigenvalue weighted by atomic mass is 10.1. The first kappa shape index (κ1) is 16.7. The summed E-state index contributed by atoms with van der Waals surface area (Å²) in [6, 6.07) is 14.8. The molecule has 1 fully saturated rings. The smallest absolute Gasteiger partial charge is 0.222 e. The fourth-order valence-electron chi connectivity index (χ4n) is 3.30. The second kappa shape index (κ2) is 8.60. The van der Waals surface area contributed by atoms with Crippen LogP contribution in [0.3, 0.4) is 0 Å². The molecule has 1 saturated heterocycles. The van der Waals surface area contributed by atoms with Crippen molar-refractivity contribution in [2.24, 2.45) is 0 Å². The topological polar surface area (TPSA) is 45.2 Å². The Labute approximate surface area is 143 Å². The lowest BCUT2D eigenvalue weighted by Crippen LogP contribution is -2.36. The maximum Gasteiger partial charge on any atom is 0.222 e. The minimum Gasteiger partial charge on any atom is -0.339 e. The van der Waals surface area contributed by atoms with Crippen molar-refractivity contribution >= 4 is 5.91 Å². The number of nitrogens with zero attached hydrogens (tertiary/aromatic N) is 2. The summed E-state index contributed by atoms with van der Waals surface area (Å²) in [6.07, 6.45) is 7.31. The van der Waals surface area contributed by atoms with Gasteiger partial charge >= 0.3 is 0 Å². The number of benzene rings is 1. The van der Waals surface area contributed by atoms with Crippen molar-refractivity contribution in [3.05, 3.63) is 66.0 Å². The molecule has 0 radical (unpaired) electrons. The van der Waals surface area contributed by atoms with Crippen molar-refractivity contribution in [3.63, 3.8) is 0 Å². The Balaban J connectivity index is 1.43. The van der Waals surface area contributed by atoms with Crippen LogP contribution in [-0.2, 0) is 17.8 Å². The van der Waals surface area contributed by atoms with Gasteiger partial charge in [-0.1, -0.05) is 36.4 Å². The second-order valence-electron chi connectivity index (χ2n) is 6.34. The second-order valence-corrected chi connectivity index (χ2v) is 6.34. The largest absolute Gasteiger partial charge is 0.339 e. The molecule has 126 valence electrons. The fourth-order valence-corrected chi connectivity index (χ4v) is 3.30. The Morgan fingerprint density at radius 2 is 1.96 bits per heavy atom. The summed E-state index contributed by atoms with van der Waals surface area (Å²) >= 11 is 0. The van der Waals surface area contributed by atoms with Crippen molar-refractivity contribution in [1.29, 1.82) is 0 Å². The fraction of sp³-hybridized carbons (Fsp3) is 0.400.